The number of pyridine rings is 1. The summed E-state index contributed by atoms with van der Waals surface area (Å²) in [4.78, 5) is 3.15. The Morgan fingerprint density at radius 1 is 1.18 bits per heavy atom. The molecule has 0 saturated carbocycles. The molecule has 1 aromatic heterocycles. The molecule has 0 aliphatic heterocycles. The standard InChI is InChI=1S/C8H4F6INO/c1-3-6(15)4(17-8(12,13)14)2-5(16-3)7(9,10)11/h2H,1H3. The number of alkyl halides is 6. The second-order valence-corrected chi connectivity index (χ2v) is 4.03. The predicted octanol–water partition coefficient (Wildman–Crippen LogP) is 3.91. The van der Waals surface area contributed by atoms with Gasteiger partial charge in [-0.05, 0) is 29.5 Å². The summed E-state index contributed by atoms with van der Waals surface area (Å²) in [6.45, 7) is 1.17. The molecule has 1 heterocycles. The Hall–Kier alpha value is -0.740. The van der Waals surface area contributed by atoms with Gasteiger partial charge in [-0.1, -0.05) is 0 Å². The van der Waals surface area contributed by atoms with E-state index in [1.807, 2.05) is 0 Å². The Morgan fingerprint density at radius 2 is 1.71 bits per heavy atom. The van der Waals surface area contributed by atoms with E-state index >= 15 is 0 Å². The highest BCUT2D eigenvalue weighted by molar-refractivity contribution is 14.1. The van der Waals surface area contributed by atoms with Gasteiger partial charge in [-0.25, -0.2) is 4.98 Å². The number of aromatic nitrogens is 1. The van der Waals surface area contributed by atoms with Gasteiger partial charge in [0.25, 0.3) is 0 Å². The summed E-state index contributed by atoms with van der Waals surface area (Å²) >= 11 is 1.43. The van der Waals surface area contributed by atoms with Crippen molar-refractivity contribution in [2.24, 2.45) is 0 Å². The lowest BCUT2D eigenvalue weighted by atomic mass is 10.3. The summed E-state index contributed by atoms with van der Waals surface area (Å²) in [6, 6.07) is 0.224. The maximum absolute atomic E-state index is 12.3. The van der Waals surface area contributed by atoms with Gasteiger partial charge in [-0.2, -0.15) is 13.2 Å². The van der Waals surface area contributed by atoms with E-state index in [0.29, 0.717) is 0 Å². The summed E-state index contributed by atoms with van der Waals surface area (Å²) in [7, 11) is 0. The number of rotatable bonds is 1. The van der Waals surface area contributed by atoms with Crippen molar-refractivity contribution in [3.8, 4) is 5.75 Å². The van der Waals surface area contributed by atoms with Gasteiger partial charge in [-0.3, -0.25) is 0 Å². The van der Waals surface area contributed by atoms with Crippen LogP contribution in [0.4, 0.5) is 26.3 Å². The lowest BCUT2D eigenvalue weighted by Gasteiger charge is -2.14. The van der Waals surface area contributed by atoms with Crippen molar-refractivity contribution >= 4 is 22.6 Å². The molecule has 96 valence electrons. The van der Waals surface area contributed by atoms with Crippen molar-refractivity contribution < 1.29 is 31.1 Å². The summed E-state index contributed by atoms with van der Waals surface area (Å²) in [5.41, 5.74) is -1.60. The molecule has 0 N–H and O–H groups in total. The van der Waals surface area contributed by atoms with Crippen molar-refractivity contribution in [2.45, 2.75) is 19.5 Å². The van der Waals surface area contributed by atoms with Crippen LogP contribution in [-0.4, -0.2) is 11.3 Å². The molecule has 0 spiro atoms. The van der Waals surface area contributed by atoms with Crippen LogP contribution in [0.2, 0.25) is 0 Å². The van der Waals surface area contributed by atoms with E-state index in [4.69, 9.17) is 0 Å². The minimum Gasteiger partial charge on any atom is -0.405 e. The van der Waals surface area contributed by atoms with E-state index in [0.717, 1.165) is 0 Å². The lowest BCUT2D eigenvalue weighted by Crippen LogP contribution is -2.19. The third kappa shape index (κ3) is 3.89. The maximum Gasteiger partial charge on any atom is 0.573 e. The number of ether oxygens (including phenoxy) is 1. The molecule has 17 heavy (non-hydrogen) atoms. The smallest absolute Gasteiger partial charge is 0.405 e. The van der Waals surface area contributed by atoms with Crippen molar-refractivity contribution in [2.75, 3.05) is 0 Å². The molecule has 0 bridgehead atoms. The highest BCUT2D eigenvalue weighted by atomic mass is 127. The SMILES string of the molecule is Cc1nc(C(F)(F)F)cc(OC(F)(F)F)c1I. The molecule has 0 fully saturated rings. The fourth-order valence-electron chi connectivity index (χ4n) is 0.972. The highest BCUT2D eigenvalue weighted by Crippen LogP contribution is 2.35. The van der Waals surface area contributed by atoms with Crippen LogP contribution in [0.1, 0.15) is 11.4 Å². The van der Waals surface area contributed by atoms with Gasteiger partial charge >= 0.3 is 12.5 Å². The van der Waals surface area contributed by atoms with E-state index in [9.17, 15) is 26.3 Å². The van der Waals surface area contributed by atoms with E-state index in [1.54, 1.807) is 0 Å². The second-order valence-electron chi connectivity index (χ2n) is 2.95. The fraction of sp³-hybridized carbons (Fsp3) is 0.375. The Kier molecular flexibility index (Phi) is 3.79. The molecule has 0 aromatic carbocycles. The van der Waals surface area contributed by atoms with Crippen LogP contribution in [0.25, 0.3) is 0 Å². The molecule has 9 heteroatoms. The molecule has 0 amide bonds. The normalized spacial score (nSPS) is 12.7. The van der Waals surface area contributed by atoms with E-state index in [-0.39, 0.29) is 15.3 Å². The van der Waals surface area contributed by atoms with Crippen LogP contribution in [0, 0.1) is 10.5 Å². The van der Waals surface area contributed by atoms with Crippen molar-refractivity contribution in [3.63, 3.8) is 0 Å². The molecule has 0 unspecified atom stereocenters. The monoisotopic (exact) mass is 371 g/mol. The Labute approximate surface area is 105 Å². The van der Waals surface area contributed by atoms with Gasteiger partial charge in [0.1, 0.15) is 11.4 Å². The van der Waals surface area contributed by atoms with Gasteiger partial charge in [0.15, 0.2) is 0 Å². The zero-order valence-electron chi connectivity index (χ0n) is 8.08. The Bertz CT molecular complexity index is 427. The number of nitrogens with zero attached hydrogens (tertiary/aromatic N) is 1. The molecular formula is C8H4F6INO. The Morgan fingerprint density at radius 3 is 2.12 bits per heavy atom. The first kappa shape index (κ1) is 14.3. The average Bonchev–Trinajstić information content (AvgIpc) is 2.08. The minimum absolute atomic E-state index is 0.118. The van der Waals surface area contributed by atoms with Crippen LogP contribution in [-0.2, 0) is 6.18 Å². The van der Waals surface area contributed by atoms with Crippen LogP contribution >= 0.6 is 22.6 Å². The summed E-state index contributed by atoms with van der Waals surface area (Å²) in [5, 5.41) is 0. The Balaban J connectivity index is 3.26. The van der Waals surface area contributed by atoms with Gasteiger partial charge < -0.3 is 4.74 Å². The zero-order valence-corrected chi connectivity index (χ0v) is 10.2. The first-order valence-corrected chi connectivity index (χ1v) is 5.08. The van der Waals surface area contributed by atoms with Gasteiger partial charge in [0.2, 0.25) is 0 Å². The minimum atomic E-state index is -5.05. The van der Waals surface area contributed by atoms with Crippen LogP contribution in [0.3, 0.4) is 0 Å². The summed E-state index contributed by atoms with van der Waals surface area (Å²) in [6.07, 6.45) is -9.87. The van der Waals surface area contributed by atoms with Crippen molar-refractivity contribution in [1.82, 2.24) is 4.98 Å². The molecular weight excluding hydrogens is 367 g/mol. The first-order chi connectivity index (χ1) is 7.50. The number of halogens is 7. The molecule has 0 radical (unpaired) electrons. The molecule has 0 atom stereocenters. The van der Waals surface area contributed by atoms with Crippen LogP contribution in [0.5, 0.6) is 5.75 Å². The summed E-state index contributed by atoms with van der Waals surface area (Å²) < 4.78 is 76.2. The second kappa shape index (κ2) is 4.50. The molecule has 0 aliphatic rings. The number of hydrogen-bond acceptors (Lipinski definition) is 2. The molecule has 0 saturated heterocycles. The fourth-order valence-corrected chi connectivity index (χ4v) is 1.36. The van der Waals surface area contributed by atoms with Gasteiger partial charge in [-0.15, -0.1) is 13.2 Å². The quantitative estimate of drug-likeness (QED) is 0.552. The zero-order chi connectivity index (χ0) is 13.4. The lowest BCUT2D eigenvalue weighted by molar-refractivity contribution is -0.275. The maximum atomic E-state index is 12.3. The van der Waals surface area contributed by atoms with Crippen LogP contribution < -0.4 is 4.74 Å². The molecule has 1 rings (SSSR count). The highest BCUT2D eigenvalue weighted by Gasteiger charge is 2.37. The largest absolute Gasteiger partial charge is 0.573 e. The van der Waals surface area contributed by atoms with E-state index in [2.05, 4.69) is 9.72 Å². The van der Waals surface area contributed by atoms with Gasteiger partial charge in [0.05, 0.1) is 9.26 Å². The molecule has 0 aliphatic carbocycles. The molecule has 1 aromatic rings. The number of hydrogen-bond donors (Lipinski definition) is 0. The van der Waals surface area contributed by atoms with Gasteiger partial charge in [0, 0.05) is 6.07 Å². The van der Waals surface area contributed by atoms with E-state index < -0.39 is 24.0 Å². The average molecular weight is 371 g/mol. The van der Waals surface area contributed by atoms with E-state index in [1.165, 1.54) is 29.5 Å². The first-order valence-electron chi connectivity index (χ1n) is 4.01. The van der Waals surface area contributed by atoms with Crippen molar-refractivity contribution in [1.29, 1.82) is 0 Å². The topological polar surface area (TPSA) is 22.1 Å². The van der Waals surface area contributed by atoms with Crippen LogP contribution in [0.15, 0.2) is 6.07 Å². The third-order valence-corrected chi connectivity index (χ3v) is 2.92. The number of aryl methyl sites for hydroxylation is 1. The predicted molar refractivity (Wildman–Crippen MR) is 53.4 cm³/mol. The molecule has 2 nitrogen and oxygen atoms in total. The van der Waals surface area contributed by atoms with Crippen molar-refractivity contribution in [3.05, 3.63) is 21.0 Å². The third-order valence-electron chi connectivity index (χ3n) is 1.61. The summed E-state index contributed by atoms with van der Waals surface area (Å²) in [5.74, 6) is -0.905.